The molecule has 132 valence electrons. The highest BCUT2D eigenvalue weighted by molar-refractivity contribution is 5.85. The number of benzene rings is 2. The third-order valence-corrected chi connectivity index (χ3v) is 3.45. The van der Waals surface area contributed by atoms with Crippen LogP contribution >= 0.6 is 0 Å². The molecule has 0 saturated heterocycles. The monoisotopic (exact) mass is 342 g/mol. The van der Waals surface area contributed by atoms with Crippen molar-refractivity contribution in [3.8, 4) is 11.5 Å². The lowest BCUT2D eigenvalue weighted by Crippen LogP contribution is -2.48. The second kappa shape index (κ2) is 8.73. The van der Waals surface area contributed by atoms with E-state index in [0.29, 0.717) is 11.5 Å². The lowest BCUT2D eigenvalue weighted by molar-refractivity contribution is -0.133. The van der Waals surface area contributed by atoms with Gasteiger partial charge in [0.25, 0.3) is 11.8 Å². The number of aryl methyl sites for hydroxylation is 2. The molecule has 2 aromatic rings. The molecule has 2 N–H and O–H groups in total. The number of hydrogen-bond donors (Lipinski definition) is 2. The van der Waals surface area contributed by atoms with Gasteiger partial charge in [-0.25, -0.2) is 0 Å². The smallest absolute Gasteiger partial charge is 0.279 e. The summed E-state index contributed by atoms with van der Waals surface area (Å²) in [6.45, 7) is 5.25. The van der Waals surface area contributed by atoms with Crippen molar-refractivity contribution in [3.63, 3.8) is 0 Å². The largest absolute Gasteiger partial charge is 0.483 e. The van der Waals surface area contributed by atoms with E-state index < -0.39 is 17.9 Å². The lowest BCUT2D eigenvalue weighted by Gasteiger charge is -2.15. The van der Waals surface area contributed by atoms with Crippen molar-refractivity contribution < 1.29 is 19.1 Å². The molecule has 0 aliphatic carbocycles. The Morgan fingerprint density at radius 1 is 1.04 bits per heavy atom. The van der Waals surface area contributed by atoms with Gasteiger partial charge in [-0.15, -0.1) is 0 Å². The number of hydrazine groups is 1. The van der Waals surface area contributed by atoms with Crippen molar-refractivity contribution in [2.45, 2.75) is 26.9 Å². The van der Waals surface area contributed by atoms with Gasteiger partial charge in [-0.3, -0.25) is 20.4 Å². The summed E-state index contributed by atoms with van der Waals surface area (Å²) in [6.07, 6.45) is -0.748. The zero-order valence-electron chi connectivity index (χ0n) is 14.5. The molecule has 0 aromatic heterocycles. The summed E-state index contributed by atoms with van der Waals surface area (Å²) in [5.41, 5.74) is 6.61. The van der Waals surface area contributed by atoms with Crippen molar-refractivity contribution >= 4 is 11.8 Å². The van der Waals surface area contributed by atoms with Crippen molar-refractivity contribution in [3.05, 3.63) is 59.7 Å². The first-order chi connectivity index (χ1) is 12.0. The quantitative estimate of drug-likeness (QED) is 0.790. The summed E-state index contributed by atoms with van der Waals surface area (Å²) in [5, 5.41) is 0. The highest BCUT2D eigenvalue weighted by Crippen LogP contribution is 2.18. The fourth-order valence-electron chi connectivity index (χ4n) is 2.03. The van der Waals surface area contributed by atoms with Gasteiger partial charge in [0.05, 0.1) is 0 Å². The van der Waals surface area contributed by atoms with Crippen LogP contribution in [0.25, 0.3) is 0 Å². The number of ether oxygens (including phenoxy) is 2. The van der Waals surface area contributed by atoms with Gasteiger partial charge in [0, 0.05) is 0 Å². The van der Waals surface area contributed by atoms with Crippen LogP contribution in [0.1, 0.15) is 18.1 Å². The van der Waals surface area contributed by atoms with Crippen LogP contribution in [-0.4, -0.2) is 24.5 Å². The van der Waals surface area contributed by atoms with Crippen molar-refractivity contribution in [2.75, 3.05) is 6.61 Å². The van der Waals surface area contributed by atoms with Gasteiger partial charge in [-0.2, -0.15) is 0 Å². The van der Waals surface area contributed by atoms with E-state index in [1.165, 1.54) is 0 Å². The van der Waals surface area contributed by atoms with Crippen LogP contribution in [-0.2, 0) is 9.59 Å². The summed E-state index contributed by atoms with van der Waals surface area (Å²) in [4.78, 5) is 23.7. The number of amides is 2. The summed E-state index contributed by atoms with van der Waals surface area (Å²) < 4.78 is 10.9. The maximum Gasteiger partial charge on any atom is 0.279 e. The molecule has 1 unspecified atom stereocenters. The second-order valence-electron chi connectivity index (χ2n) is 5.67. The average molecular weight is 342 g/mol. The Hall–Kier alpha value is -3.02. The second-order valence-corrected chi connectivity index (χ2v) is 5.67. The minimum atomic E-state index is -0.748. The predicted molar refractivity (Wildman–Crippen MR) is 94.2 cm³/mol. The lowest BCUT2D eigenvalue weighted by atomic mass is 10.1. The average Bonchev–Trinajstić information content (AvgIpc) is 2.61. The first kappa shape index (κ1) is 18.3. The maximum atomic E-state index is 11.9. The molecule has 6 heteroatoms. The van der Waals surface area contributed by atoms with Crippen LogP contribution in [0.2, 0.25) is 0 Å². The molecule has 0 fully saturated rings. The van der Waals surface area contributed by atoms with Gasteiger partial charge in [0.1, 0.15) is 11.5 Å². The van der Waals surface area contributed by atoms with E-state index in [0.717, 1.165) is 11.1 Å². The van der Waals surface area contributed by atoms with Gasteiger partial charge in [0.2, 0.25) is 0 Å². The van der Waals surface area contributed by atoms with Gasteiger partial charge < -0.3 is 9.47 Å². The molecule has 0 spiro atoms. The SMILES string of the molecule is Cc1ccc(C)c(OCC(=O)NNC(=O)C(C)Oc2ccccc2)c1. The van der Waals surface area contributed by atoms with Crippen LogP contribution in [0.5, 0.6) is 11.5 Å². The Bertz CT molecular complexity index is 731. The minimum Gasteiger partial charge on any atom is -0.483 e. The van der Waals surface area contributed by atoms with E-state index in [1.807, 2.05) is 50.2 Å². The highest BCUT2D eigenvalue weighted by atomic mass is 16.5. The zero-order chi connectivity index (χ0) is 18.2. The highest BCUT2D eigenvalue weighted by Gasteiger charge is 2.15. The molecule has 0 saturated carbocycles. The normalized spacial score (nSPS) is 11.3. The number of para-hydroxylation sites is 1. The molecular weight excluding hydrogens is 320 g/mol. The van der Waals surface area contributed by atoms with E-state index in [9.17, 15) is 9.59 Å². The summed E-state index contributed by atoms with van der Waals surface area (Å²) in [5.74, 6) is 0.307. The van der Waals surface area contributed by atoms with Crippen LogP contribution in [0.15, 0.2) is 48.5 Å². The number of carbonyl (C=O) groups is 2. The van der Waals surface area contributed by atoms with E-state index in [2.05, 4.69) is 10.9 Å². The minimum absolute atomic E-state index is 0.196. The Morgan fingerprint density at radius 3 is 2.48 bits per heavy atom. The topological polar surface area (TPSA) is 76.7 Å². The maximum absolute atomic E-state index is 11.9. The molecule has 0 bridgehead atoms. The molecule has 6 nitrogen and oxygen atoms in total. The van der Waals surface area contributed by atoms with E-state index >= 15 is 0 Å². The third kappa shape index (κ3) is 5.84. The Kier molecular flexibility index (Phi) is 6.39. The van der Waals surface area contributed by atoms with Crippen molar-refractivity contribution in [1.82, 2.24) is 10.9 Å². The Balaban J connectivity index is 1.75. The molecular formula is C19H22N2O4. The number of rotatable bonds is 6. The summed E-state index contributed by atoms with van der Waals surface area (Å²) in [6, 6.07) is 14.7. The molecule has 2 aromatic carbocycles. The molecule has 0 aliphatic heterocycles. The van der Waals surface area contributed by atoms with Crippen LogP contribution in [0, 0.1) is 13.8 Å². The van der Waals surface area contributed by atoms with Crippen LogP contribution in [0.3, 0.4) is 0 Å². The van der Waals surface area contributed by atoms with Crippen LogP contribution < -0.4 is 20.3 Å². The first-order valence-corrected chi connectivity index (χ1v) is 7.96. The van der Waals surface area contributed by atoms with Crippen molar-refractivity contribution in [1.29, 1.82) is 0 Å². The zero-order valence-corrected chi connectivity index (χ0v) is 14.5. The van der Waals surface area contributed by atoms with Gasteiger partial charge in [-0.05, 0) is 50.1 Å². The first-order valence-electron chi connectivity index (χ1n) is 7.96. The molecule has 0 aliphatic rings. The molecule has 0 radical (unpaired) electrons. The fourth-order valence-corrected chi connectivity index (χ4v) is 2.03. The summed E-state index contributed by atoms with van der Waals surface area (Å²) >= 11 is 0. The molecule has 2 amide bonds. The number of carbonyl (C=O) groups excluding carboxylic acids is 2. The Labute approximate surface area is 147 Å². The summed E-state index contributed by atoms with van der Waals surface area (Å²) in [7, 11) is 0. The Morgan fingerprint density at radius 2 is 1.76 bits per heavy atom. The van der Waals surface area contributed by atoms with E-state index in [1.54, 1.807) is 19.1 Å². The van der Waals surface area contributed by atoms with Crippen molar-refractivity contribution in [2.24, 2.45) is 0 Å². The molecule has 1 atom stereocenters. The molecule has 2 rings (SSSR count). The third-order valence-electron chi connectivity index (χ3n) is 3.45. The van der Waals surface area contributed by atoms with Gasteiger partial charge in [0.15, 0.2) is 12.7 Å². The van der Waals surface area contributed by atoms with E-state index in [-0.39, 0.29) is 6.61 Å². The standard InChI is InChI=1S/C19H22N2O4/c1-13-9-10-14(2)17(11-13)24-12-18(22)20-21-19(23)15(3)25-16-7-5-4-6-8-16/h4-11,15H,12H2,1-3H3,(H,20,22)(H,21,23). The number of hydrogen-bond acceptors (Lipinski definition) is 4. The van der Waals surface area contributed by atoms with E-state index in [4.69, 9.17) is 9.47 Å². The fraction of sp³-hybridized carbons (Fsp3) is 0.263. The van der Waals surface area contributed by atoms with Gasteiger partial charge in [-0.1, -0.05) is 30.3 Å². The van der Waals surface area contributed by atoms with Gasteiger partial charge >= 0.3 is 0 Å². The number of nitrogens with one attached hydrogen (secondary N) is 2. The van der Waals surface area contributed by atoms with Crippen LogP contribution in [0.4, 0.5) is 0 Å². The predicted octanol–water partition coefficient (Wildman–Crippen LogP) is 2.30. The molecule has 0 heterocycles. The molecule has 25 heavy (non-hydrogen) atoms.